The van der Waals surface area contributed by atoms with E-state index in [0.717, 1.165) is 11.3 Å². The van der Waals surface area contributed by atoms with E-state index in [1.54, 1.807) is 6.08 Å². The second kappa shape index (κ2) is 3.86. The minimum atomic E-state index is -0.807. The van der Waals surface area contributed by atoms with Crippen molar-refractivity contribution >= 4 is 0 Å². The number of nitriles is 2. The molecule has 0 radical (unpaired) electrons. The normalized spacial score (nSPS) is 13.1. The van der Waals surface area contributed by atoms with E-state index in [-0.39, 0.29) is 0 Å². The van der Waals surface area contributed by atoms with E-state index in [1.165, 1.54) is 0 Å². The van der Waals surface area contributed by atoms with Gasteiger partial charge in [0.2, 0.25) is 0 Å². The molecule has 1 aromatic carbocycles. The molecule has 2 rings (SSSR count). The second-order valence-electron chi connectivity index (χ2n) is 3.21. The molecule has 0 unspecified atom stereocenters. The Morgan fingerprint density at radius 3 is 2.67 bits per heavy atom. The Hall–Kier alpha value is -2.26. The highest BCUT2D eigenvalue weighted by atomic mass is 16.5. The zero-order valence-corrected chi connectivity index (χ0v) is 7.97. The van der Waals surface area contributed by atoms with Crippen molar-refractivity contribution in [2.75, 3.05) is 0 Å². The molecule has 0 saturated heterocycles. The van der Waals surface area contributed by atoms with Crippen LogP contribution in [-0.4, -0.2) is 0 Å². The number of rotatable bonds is 1. The molecule has 1 aliphatic heterocycles. The summed E-state index contributed by atoms with van der Waals surface area (Å²) in [6, 6.07) is 11.4. The predicted molar refractivity (Wildman–Crippen MR) is 53.6 cm³/mol. The number of fused-ring (bicyclic) bond motifs is 1. The average molecular weight is 196 g/mol. The predicted octanol–water partition coefficient (Wildman–Crippen LogP) is 2.17. The molecule has 1 aromatic rings. The molecule has 1 aliphatic rings. The van der Waals surface area contributed by atoms with Crippen molar-refractivity contribution in [2.45, 2.75) is 6.42 Å². The van der Waals surface area contributed by atoms with E-state index in [2.05, 4.69) is 0 Å². The van der Waals surface area contributed by atoms with Gasteiger partial charge in [-0.15, -0.1) is 0 Å². The van der Waals surface area contributed by atoms with Crippen molar-refractivity contribution in [3.05, 3.63) is 41.7 Å². The monoisotopic (exact) mass is 196 g/mol. The largest absolute Gasteiger partial charge is 0.459 e. The molecule has 0 saturated carbocycles. The molecule has 0 aromatic heterocycles. The zero-order valence-electron chi connectivity index (χ0n) is 7.97. The fraction of sp³-hybridized carbons (Fsp3) is 0.167. The van der Waals surface area contributed by atoms with E-state index >= 15 is 0 Å². The lowest BCUT2D eigenvalue weighted by Crippen LogP contribution is -2.11. The maximum absolute atomic E-state index is 8.73. The lowest BCUT2D eigenvalue weighted by Gasteiger charge is -2.17. The SMILES string of the molecule is N#CC(C#N)C1=CCc2ccccc2O1. The Balaban J connectivity index is 2.28. The van der Waals surface area contributed by atoms with Gasteiger partial charge < -0.3 is 4.74 Å². The van der Waals surface area contributed by atoms with Gasteiger partial charge in [-0.3, -0.25) is 0 Å². The highest BCUT2D eigenvalue weighted by Gasteiger charge is 2.19. The van der Waals surface area contributed by atoms with E-state index < -0.39 is 5.92 Å². The molecule has 0 fully saturated rings. The van der Waals surface area contributed by atoms with E-state index in [4.69, 9.17) is 15.3 Å². The summed E-state index contributed by atoms with van der Waals surface area (Å²) < 4.78 is 5.49. The van der Waals surface area contributed by atoms with Gasteiger partial charge in [-0.05, 0) is 24.1 Å². The lowest BCUT2D eigenvalue weighted by molar-refractivity contribution is 0.382. The van der Waals surface area contributed by atoms with Crippen molar-refractivity contribution in [1.29, 1.82) is 10.5 Å². The van der Waals surface area contributed by atoms with Gasteiger partial charge in [0.15, 0.2) is 5.92 Å². The first-order chi connectivity index (χ1) is 7.35. The van der Waals surface area contributed by atoms with E-state index in [0.29, 0.717) is 12.2 Å². The minimum absolute atomic E-state index is 0.443. The number of hydrogen-bond acceptors (Lipinski definition) is 3. The van der Waals surface area contributed by atoms with Crippen LogP contribution in [-0.2, 0) is 6.42 Å². The summed E-state index contributed by atoms with van der Waals surface area (Å²) in [4.78, 5) is 0. The summed E-state index contributed by atoms with van der Waals surface area (Å²) in [5, 5.41) is 17.5. The highest BCUT2D eigenvalue weighted by Crippen LogP contribution is 2.28. The molecule has 0 amide bonds. The first-order valence-electron chi connectivity index (χ1n) is 4.60. The standard InChI is InChI=1S/C12H8N2O/c13-7-10(8-14)12-6-5-9-3-1-2-4-11(9)15-12/h1-4,6,10H,5H2. The van der Waals surface area contributed by atoms with Gasteiger partial charge in [0.25, 0.3) is 0 Å². The van der Waals surface area contributed by atoms with Crippen LogP contribution in [0.4, 0.5) is 0 Å². The van der Waals surface area contributed by atoms with Crippen molar-refractivity contribution < 1.29 is 4.74 Å². The van der Waals surface area contributed by atoms with Crippen LogP contribution in [0, 0.1) is 28.6 Å². The average Bonchev–Trinajstić information content (AvgIpc) is 2.30. The van der Waals surface area contributed by atoms with Crippen LogP contribution < -0.4 is 4.74 Å². The Bertz CT molecular complexity index is 477. The lowest BCUT2D eigenvalue weighted by atomic mass is 10.0. The van der Waals surface area contributed by atoms with Crippen LogP contribution in [0.2, 0.25) is 0 Å². The molecule has 0 bridgehead atoms. The Morgan fingerprint density at radius 1 is 1.20 bits per heavy atom. The summed E-state index contributed by atoms with van der Waals surface area (Å²) in [6.07, 6.45) is 2.50. The first kappa shape index (κ1) is 9.30. The van der Waals surface area contributed by atoms with Crippen LogP contribution in [0.5, 0.6) is 5.75 Å². The fourth-order valence-corrected chi connectivity index (χ4v) is 1.48. The summed E-state index contributed by atoms with van der Waals surface area (Å²) in [6.45, 7) is 0. The topological polar surface area (TPSA) is 56.8 Å². The molecular formula is C12H8N2O. The molecule has 3 nitrogen and oxygen atoms in total. The summed E-state index contributed by atoms with van der Waals surface area (Å²) >= 11 is 0. The molecule has 0 spiro atoms. The number of benzene rings is 1. The quantitative estimate of drug-likeness (QED) is 0.691. The number of nitrogens with zero attached hydrogens (tertiary/aromatic N) is 2. The molecule has 15 heavy (non-hydrogen) atoms. The number of hydrogen-bond donors (Lipinski definition) is 0. The summed E-state index contributed by atoms with van der Waals surface area (Å²) in [7, 11) is 0. The molecule has 0 atom stereocenters. The van der Waals surface area contributed by atoms with Crippen molar-refractivity contribution in [2.24, 2.45) is 5.92 Å². The summed E-state index contributed by atoms with van der Waals surface area (Å²) in [5.74, 6) is 0.377. The van der Waals surface area contributed by atoms with Crippen molar-refractivity contribution in [3.8, 4) is 17.9 Å². The number of ether oxygens (including phenoxy) is 1. The van der Waals surface area contributed by atoms with Crippen LogP contribution in [0.3, 0.4) is 0 Å². The van der Waals surface area contributed by atoms with Gasteiger partial charge in [0.1, 0.15) is 11.5 Å². The third-order valence-corrected chi connectivity index (χ3v) is 2.27. The molecule has 0 aliphatic carbocycles. The highest BCUT2D eigenvalue weighted by molar-refractivity contribution is 5.40. The Kier molecular flexibility index (Phi) is 2.39. The number of para-hydroxylation sites is 1. The molecule has 1 heterocycles. The Labute approximate surface area is 87.8 Å². The number of allylic oxidation sites excluding steroid dienone is 2. The molecular weight excluding hydrogens is 188 g/mol. The fourth-order valence-electron chi connectivity index (χ4n) is 1.48. The first-order valence-corrected chi connectivity index (χ1v) is 4.60. The van der Waals surface area contributed by atoms with Gasteiger partial charge in [-0.25, -0.2) is 0 Å². The summed E-state index contributed by atoms with van der Waals surface area (Å²) in [5.41, 5.74) is 1.08. The van der Waals surface area contributed by atoms with Crippen molar-refractivity contribution in [1.82, 2.24) is 0 Å². The van der Waals surface area contributed by atoms with Crippen LogP contribution in [0.1, 0.15) is 5.56 Å². The van der Waals surface area contributed by atoms with Crippen molar-refractivity contribution in [3.63, 3.8) is 0 Å². The van der Waals surface area contributed by atoms with E-state index in [9.17, 15) is 0 Å². The van der Waals surface area contributed by atoms with Gasteiger partial charge >= 0.3 is 0 Å². The maximum atomic E-state index is 8.73. The molecule has 0 N–H and O–H groups in total. The minimum Gasteiger partial charge on any atom is -0.459 e. The van der Waals surface area contributed by atoms with Crippen LogP contribution >= 0.6 is 0 Å². The van der Waals surface area contributed by atoms with Gasteiger partial charge in [0.05, 0.1) is 12.1 Å². The smallest absolute Gasteiger partial charge is 0.190 e. The third-order valence-electron chi connectivity index (χ3n) is 2.27. The van der Waals surface area contributed by atoms with Gasteiger partial charge in [-0.2, -0.15) is 10.5 Å². The zero-order chi connectivity index (χ0) is 10.7. The maximum Gasteiger partial charge on any atom is 0.190 e. The van der Waals surface area contributed by atoms with Crippen LogP contribution in [0.15, 0.2) is 36.1 Å². The van der Waals surface area contributed by atoms with Gasteiger partial charge in [0, 0.05) is 0 Å². The van der Waals surface area contributed by atoms with Gasteiger partial charge in [-0.1, -0.05) is 18.2 Å². The second-order valence-corrected chi connectivity index (χ2v) is 3.21. The Morgan fingerprint density at radius 2 is 1.93 bits per heavy atom. The molecule has 3 heteroatoms. The third kappa shape index (κ3) is 1.68. The van der Waals surface area contributed by atoms with E-state index in [1.807, 2.05) is 36.4 Å². The van der Waals surface area contributed by atoms with Crippen LogP contribution in [0.25, 0.3) is 0 Å². The molecule has 72 valence electrons.